The fourth-order valence-electron chi connectivity index (χ4n) is 1.11. The molecular formula is C12H16BrN3. The number of hydrogen-bond donors (Lipinski definition) is 2. The Morgan fingerprint density at radius 3 is 2.94 bits per heavy atom. The summed E-state index contributed by atoms with van der Waals surface area (Å²) in [4.78, 5) is 4.23. The molecule has 0 saturated heterocycles. The molecule has 0 spiro atoms. The van der Waals surface area contributed by atoms with Crippen LogP contribution in [0.25, 0.3) is 0 Å². The van der Waals surface area contributed by atoms with E-state index in [1.54, 1.807) is 0 Å². The predicted octanol–water partition coefficient (Wildman–Crippen LogP) is 2.43. The first-order valence-electron chi connectivity index (χ1n) is 5.00. The molecule has 0 bridgehead atoms. The lowest BCUT2D eigenvalue weighted by Crippen LogP contribution is -2.32. The van der Waals surface area contributed by atoms with E-state index in [4.69, 9.17) is 5.73 Å². The Kier molecular flexibility index (Phi) is 5.05. The van der Waals surface area contributed by atoms with E-state index >= 15 is 0 Å². The number of aliphatic imine (C=N–C) groups is 1. The van der Waals surface area contributed by atoms with Crippen molar-refractivity contribution in [1.82, 2.24) is 5.32 Å². The van der Waals surface area contributed by atoms with Crippen molar-refractivity contribution >= 4 is 21.9 Å². The number of guanidine groups is 1. The van der Waals surface area contributed by atoms with Gasteiger partial charge in [0.2, 0.25) is 0 Å². The van der Waals surface area contributed by atoms with E-state index in [9.17, 15) is 0 Å². The van der Waals surface area contributed by atoms with Crippen LogP contribution < -0.4 is 11.1 Å². The van der Waals surface area contributed by atoms with Gasteiger partial charge in [-0.1, -0.05) is 40.2 Å². The summed E-state index contributed by atoms with van der Waals surface area (Å²) in [6.07, 6.45) is 0. The van der Waals surface area contributed by atoms with Crippen LogP contribution in [0.15, 0.2) is 45.9 Å². The topological polar surface area (TPSA) is 50.4 Å². The molecular weight excluding hydrogens is 266 g/mol. The summed E-state index contributed by atoms with van der Waals surface area (Å²) >= 11 is 3.41. The van der Waals surface area contributed by atoms with Gasteiger partial charge in [-0.05, 0) is 24.6 Å². The van der Waals surface area contributed by atoms with Crippen molar-refractivity contribution in [2.75, 3.05) is 6.54 Å². The van der Waals surface area contributed by atoms with Crippen molar-refractivity contribution in [2.24, 2.45) is 10.7 Å². The Morgan fingerprint density at radius 1 is 1.56 bits per heavy atom. The van der Waals surface area contributed by atoms with Gasteiger partial charge in [0.25, 0.3) is 0 Å². The number of nitrogens with one attached hydrogen (secondary N) is 1. The largest absolute Gasteiger partial charge is 0.370 e. The summed E-state index contributed by atoms with van der Waals surface area (Å²) in [7, 11) is 0. The minimum absolute atomic E-state index is 0.447. The summed E-state index contributed by atoms with van der Waals surface area (Å²) in [5, 5.41) is 2.98. The van der Waals surface area contributed by atoms with Gasteiger partial charge in [-0.2, -0.15) is 0 Å². The lowest BCUT2D eigenvalue weighted by atomic mass is 10.2. The maximum atomic E-state index is 5.69. The minimum atomic E-state index is 0.447. The van der Waals surface area contributed by atoms with Crippen LogP contribution in [-0.4, -0.2) is 12.5 Å². The summed E-state index contributed by atoms with van der Waals surface area (Å²) in [6, 6.07) is 8.00. The first-order chi connectivity index (χ1) is 7.58. The molecule has 0 heterocycles. The lowest BCUT2D eigenvalue weighted by Gasteiger charge is -2.04. The highest BCUT2D eigenvalue weighted by Gasteiger charge is 1.94. The van der Waals surface area contributed by atoms with Crippen molar-refractivity contribution in [3.63, 3.8) is 0 Å². The van der Waals surface area contributed by atoms with E-state index < -0.39 is 0 Å². The molecule has 0 unspecified atom stereocenters. The third kappa shape index (κ3) is 4.98. The predicted molar refractivity (Wildman–Crippen MR) is 72.3 cm³/mol. The van der Waals surface area contributed by atoms with Crippen LogP contribution in [0.1, 0.15) is 12.5 Å². The van der Waals surface area contributed by atoms with Gasteiger partial charge in [-0.25, -0.2) is 4.99 Å². The third-order valence-corrected chi connectivity index (χ3v) is 2.39. The monoisotopic (exact) mass is 281 g/mol. The Morgan fingerprint density at radius 2 is 2.31 bits per heavy atom. The van der Waals surface area contributed by atoms with Crippen LogP contribution in [0.2, 0.25) is 0 Å². The summed E-state index contributed by atoms with van der Waals surface area (Å²) < 4.78 is 1.05. The zero-order valence-electron chi connectivity index (χ0n) is 9.33. The molecule has 1 rings (SSSR count). The second-order valence-electron chi connectivity index (χ2n) is 3.64. The molecule has 86 valence electrons. The molecule has 0 aromatic heterocycles. The molecule has 0 aliphatic rings. The standard InChI is InChI=1S/C12H16BrN3/c1-9(2)7-15-12(14)16-8-10-4-3-5-11(13)6-10/h3-6H,1,7-8H2,2H3,(H3,14,15,16). The third-order valence-electron chi connectivity index (χ3n) is 1.89. The normalized spacial score (nSPS) is 11.2. The molecule has 0 aliphatic carbocycles. The number of nitrogens with zero attached hydrogens (tertiary/aromatic N) is 1. The van der Waals surface area contributed by atoms with Crippen LogP contribution in [0.4, 0.5) is 0 Å². The highest BCUT2D eigenvalue weighted by atomic mass is 79.9. The van der Waals surface area contributed by atoms with Gasteiger partial charge in [-0.15, -0.1) is 0 Å². The van der Waals surface area contributed by atoms with Crippen molar-refractivity contribution in [3.8, 4) is 0 Å². The molecule has 0 fully saturated rings. The van der Waals surface area contributed by atoms with Crippen molar-refractivity contribution < 1.29 is 0 Å². The molecule has 0 amide bonds. The van der Waals surface area contributed by atoms with Crippen LogP contribution in [0.3, 0.4) is 0 Å². The molecule has 0 saturated carbocycles. The van der Waals surface area contributed by atoms with Crippen molar-refractivity contribution in [2.45, 2.75) is 13.5 Å². The second-order valence-corrected chi connectivity index (χ2v) is 4.56. The number of nitrogens with two attached hydrogens (primary N) is 1. The lowest BCUT2D eigenvalue weighted by molar-refractivity contribution is 0.940. The Bertz CT molecular complexity index is 399. The molecule has 3 nitrogen and oxygen atoms in total. The van der Waals surface area contributed by atoms with Gasteiger partial charge in [0.05, 0.1) is 6.54 Å². The fraction of sp³-hybridized carbons (Fsp3) is 0.250. The first kappa shape index (κ1) is 12.8. The smallest absolute Gasteiger partial charge is 0.189 e. The van der Waals surface area contributed by atoms with Crippen molar-refractivity contribution in [1.29, 1.82) is 0 Å². The van der Waals surface area contributed by atoms with Gasteiger partial charge >= 0.3 is 0 Å². The highest BCUT2D eigenvalue weighted by Crippen LogP contribution is 2.12. The molecule has 1 aromatic carbocycles. The molecule has 16 heavy (non-hydrogen) atoms. The first-order valence-corrected chi connectivity index (χ1v) is 5.80. The average Bonchev–Trinajstić information content (AvgIpc) is 2.23. The zero-order valence-corrected chi connectivity index (χ0v) is 10.9. The van der Waals surface area contributed by atoms with E-state index in [0.29, 0.717) is 19.0 Å². The highest BCUT2D eigenvalue weighted by molar-refractivity contribution is 9.10. The van der Waals surface area contributed by atoms with Gasteiger partial charge in [0, 0.05) is 11.0 Å². The fourth-order valence-corrected chi connectivity index (χ4v) is 1.56. The molecule has 0 radical (unpaired) electrons. The quantitative estimate of drug-likeness (QED) is 0.506. The van der Waals surface area contributed by atoms with Crippen molar-refractivity contribution in [3.05, 3.63) is 46.5 Å². The maximum absolute atomic E-state index is 5.69. The van der Waals surface area contributed by atoms with E-state index in [1.165, 1.54) is 0 Å². The van der Waals surface area contributed by atoms with Crippen LogP contribution in [-0.2, 0) is 6.54 Å². The number of hydrogen-bond acceptors (Lipinski definition) is 1. The Labute approximate surface area is 105 Å². The molecule has 4 heteroatoms. The SMILES string of the molecule is C=C(C)CNC(N)=NCc1cccc(Br)c1. The Hall–Kier alpha value is -1.29. The Balaban J connectivity index is 2.49. The average molecular weight is 282 g/mol. The molecule has 3 N–H and O–H groups in total. The number of benzene rings is 1. The van der Waals surface area contributed by atoms with E-state index in [0.717, 1.165) is 15.6 Å². The maximum Gasteiger partial charge on any atom is 0.189 e. The van der Waals surface area contributed by atoms with Gasteiger partial charge in [-0.3, -0.25) is 0 Å². The number of halogens is 1. The summed E-state index contributed by atoms with van der Waals surface area (Å²) in [5.41, 5.74) is 7.84. The molecule has 1 aromatic rings. The van der Waals surface area contributed by atoms with E-state index in [-0.39, 0.29) is 0 Å². The summed E-state index contributed by atoms with van der Waals surface area (Å²) in [6.45, 7) is 6.96. The van der Waals surface area contributed by atoms with Gasteiger partial charge in [0.1, 0.15) is 0 Å². The number of rotatable bonds is 4. The van der Waals surface area contributed by atoms with E-state index in [2.05, 4.69) is 32.8 Å². The minimum Gasteiger partial charge on any atom is -0.370 e. The molecule has 0 aliphatic heterocycles. The van der Waals surface area contributed by atoms with Crippen LogP contribution in [0.5, 0.6) is 0 Å². The second kappa shape index (κ2) is 6.33. The van der Waals surface area contributed by atoms with Gasteiger partial charge in [0.15, 0.2) is 5.96 Å². The summed E-state index contributed by atoms with van der Waals surface area (Å²) in [5.74, 6) is 0.447. The zero-order chi connectivity index (χ0) is 12.0. The molecule has 0 atom stereocenters. The van der Waals surface area contributed by atoms with E-state index in [1.807, 2.05) is 31.2 Å². The van der Waals surface area contributed by atoms with Crippen LogP contribution >= 0.6 is 15.9 Å². The van der Waals surface area contributed by atoms with Gasteiger partial charge < -0.3 is 11.1 Å². The van der Waals surface area contributed by atoms with Crippen LogP contribution in [0, 0.1) is 0 Å².